The fourth-order valence-electron chi connectivity index (χ4n) is 5.00. The van der Waals surface area contributed by atoms with Crippen LogP contribution in [0.15, 0.2) is 6.20 Å². The smallest absolute Gasteiger partial charge is 0.145 e. The van der Waals surface area contributed by atoms with Gasteiger partial charge in [0.1, 0.15) is 23.3 Å². The van der Waals surface area contributed by atoms with E-state index >= 15 is 0 Å². The molecular formula is C15H18N4. The van der Waals surface area contributed by atoms with E-state index in [1.165, 1.54) is 32.1 Å². The van der Waals surface area contributed by atoms with Crippen molar-refractivity contribution in [2.45, 2.75) is 38.0 Å². The lowest BCUT2D eigenvalue weighted by atomic mass is 9.51. The lowest BCUT2D eigenvalue weighted by Gasteiger charge is -2.53. The summed E-state index contributed by atoms with van der Waals surface area (Å²) in [7, 11) is 0. The third-order valence-corrected chi connectivity index (χ3v) is 5.48. The normalized spacial score (nSPS) is 39.2. The first-order chi connectivity index (χ1) is 9.24. The number of rotatable bonds is 1. The maximum absolute atomic E-state index is 8.91. The number of nitrogens with zero attached hydrogens (tertiary/aromatic N) is 3. The number of aromatic nitrogens is 2. The van der Waals surface area contributed by atoms with Gasteiger partial charge >= 0.3 is 0 Å². The molecule has 4 aliphatic rings. The van der Waals surface area contributed by atoms with Crippen molar-refractivity contribution in [3.05, 3.63) is 17.6 Å². The van der Waals surface area contributed by atoms with Crippen molar-refractivity contribution < 1.29 is 0 Å². The van der Waals surface area contributed by atoms with Crippen LogP contribution in [-0.4, -0.2) is 9.97 Å². The van der Waals surface area contributed by atoms with Gasteiger partial charge in [-0.1, -0.05) is 0 Å². The number of hydrogen-bond acceptors (Lipinski definition) is 4. The molecule has 1 heterocycles. The highest BCUT2D eigenvalue weighted by molar-refractivity contribution is 5.46. The standard InChI is InChI=1S/C15H18N4/c16-6-12-7-18-15(19-14(12)17)13-10-2-8-1-9(4-10)5-11(13)3-8/h7-11,13H,1-5H2,(H2,17,18,19). The molecule has 5 rings (SSSR count). The SMILES string of the molecule is N#Cc1cnc(C2C3CC4CC(C3)CC2C4)nc1N. The summed E-state index contributed by atoms with van der Waals surface area (Å²) in [5.74, 6) is 5.14. The second-order valence-electron chi connectivity index (χ2n) is 6.60. The maximum atomic E-state index is 8.91. The van der Waals surface area contributed by atoms with Crippen molar-refractivity contribution in [3.63, 3.8) is 0 Å². The Morgan fingerprint density at radius 2 is 1.74 bits per heavy atom. The zero-order valence-electron chi connectivity index (χ0n) is 10.9. The van der Waals surface area contributed by atoms with E-state index in [2.05, 4.69) is 9.97 Å². The molecule has 0 aromatic carbocycles. The summed E-state index contributed by atoms with van der Waals surface area (Å²) in [5.41, 5.74) is 6.25. The van der Waals surface area contributed by atoms with Crippen molar-refractivity contribution in [2.75, 3.05) is 5.73 Å². The van der Waals surface area contributed by atoms with Gasteiger partial charge in [0.2, 0.25) is 0 Å². The number of hydrogen-bond donors (Lipinski definition) is 1. The molecule has 4 bridgehead atoms. The van der Waals surface area contributed by atoms with Crippen molar-refractivity contribution in [1.29, 1.82) is 5.26 Å². The van der Waals surface area contributed by atoms with Gasteiger partial charge in [0.05, 0.1) is 6.20 Å². The summed E-state index contributed by atoms with van der Waals surface area (Å²) >= 11 is 0. The molecule has 1 aromatic heterocycles. The molecule has 4 heteroatoms. The van der Waals surface area contributed by atoms with E-state index in [1.54, 1.807) is 6.20 Å². The molecule has 0 radical (unpaired) electrons. The second kappa shape index (κ2) is 3.93. The van der Waals surface area contributed by atoms with Gasteiger partial charge in [0.15, 0.2) is 0 Å². The van der Waals surface area contributed by atoms with E-state index in [9.17, 15) is 0 Å². The van der Waals surface area contributed by atoms with Crippen LogP contribution in [0.3, 0.4) is 0 Å². The van der Waals surface area contributed by atoms with Crippen LogP contribution < -0.4 is 5.73 Å². The molecule has 4 fully saturated rings. The topological polar surface area (TPSA) is 75.6 Å². The van der Waals surface area contributed by atoms with E-state index in [0.29, 0.717) is 17.3 Å². The van der Waals surface area contributed by atoms with Crippen molar-refractivity contribution in [1.82, 2.24) is 9.97 Å². The van der Waals surface area contributed by atoms with E-state index in [0.717, 1.165) is 29.5 Å². The summed E-state index contributed by atoms with van der Waals surface area (Å²) in [4.78, 5) is 8.88. The van der Waals surface area contributed by atoms with Crippen LogP contribution in [0, 0.1) is 35.0 Å². The third-order valence-electron chi connectivity index (χ3n) is 5.48. The van der Waals surface area contributed by atoms with Crippen molar-refractivity contribution in [2.24, 2.45) is 23.7 Å². The lowest BCUT2D eigenvalue weighted by molar-refractivity contribution is -0.00560. The molecule has 2 N–H and O–H groups in total. The minimum atomic E-state index is 0.348. The van der Waals surface area contributed by atoms with Gasteiger partial charge in [0, 0.05) is 5.92 Å². The van der Waals surface area contributed by atoms with Crippen molar-refractivity contribution >= 4 is 5.82 Å². The Morgan fingerprint density at radius 3 is 2.26 bits per heavy atom. The fraction of sp³-hybridized carbons (Fsp3) is 0.667. The Morgan fingerprint density at radius 1 is 1.11 bits per heavy atom. The van der Waals surface area contributed by atoms with Crippen LogP contribution in [-0.2, 0) is 0 Å². The third kappa shape index (κ3) is 1.64. The summed E-state index contributed by atoms with van der Waals surface area (Å²) in [6.45, 7) is 0. The molecule has 19 heavy (non-hydrogen) atoms. The van der Waals surface area contributed by atoms with Crippen LogP contribution in [0.1, 0.15) is 49.4 Å². The molecule has 4 saturated carbocycles. The summed E-state index contributed by atoms with van der Waals surface area (Å²) in [5, 5.41) is 8.91. The molecule has 0 saturated heterocycles. The molecule has 98 valence electrons. The number of nitrogen functional groups attached to an aromatic ring is 1. The van der Waals surface area contributed by atoms with E-state index in [-0.39, 0.29) is 0 Å². The van der Waals surface area contributed by atoms with Gasteiger partial charge < -0.3 is 5.73 Å². The average molecular weight is 254 g/mol. The van der Waals surface area contributed by atoms with E-state index in [4.69, 9.17) is 11.0 Å². The fourth-order valence-corrected chi connectivity index (χ4v) is 5.00. The Bertz CT molecular complexity index is 532. The highest BCUT2D eigenvalue weighted by Crippen LogP contribution is 2.59. The molecule has 0 amide bonds. The number of nitrogens with two attached hydrogens (primary N) is 1. The predicted octanol–water partition coefficient (Wildman–Crippen LogP) is 2.47. The van der Waals surface area contributed by atoms with Gasteiger partial charge in [-0.25, -0.2) is 9.97 Å². The minimum Gasteiger partial charge on any atom is -0.382 e. The summed E-state index contributed by atoms with van der Waals surface area (Å²) in [6, 6.07) is 2.04. The van der Waals surface area contributed by atoms with Gasteiger partial charge in [-0.2, -0.15) is 5.26 Å². The molecule has 1 aromatic rings. The van der Waals surface area contributed by atoms with Crippen LogP contribution in [0.25, 0.3) is 0 Å². The number of nitriles is 1. The highest BCUT2D eigenvalue weighted by atomic mass is 15.0. The zero-order chi connectivity index (χ0) is 13.0. The lowest BCUT2D eigenvalue weighted by Crippen LogP contribution is -2.44. The predicted molar refractivity (Wildman–Crippen MR) is 70.9 cm³/mol. The van der Waals surface area contributed by atoms with Crippen LogP contribution >= 0.6 is 0 Å². The first-order valence-electron chi connectivity index (χ1n) is 7.27. The minimum absolute atomic E-state index is 0.348. The Labute approximate surface area is 113 Å². The Hall–Kier alpha value is -1.63. The molecule has 0 unspecified atom stereocenters. The van der Waals surface area contributed by atoms with Crippen LogP contribution in [0.4, 0.5) is 5.82 Å². The monoisotopic (exact) mass is 254 g/mol. The van der Waals surface area contributed by atoms with Gasteiger partial charge in [-0.3, -0.25) is 0 Å². The number of anilines is 1. The molecule has 4 nitrogen and oxygen atoms in total. The van der Waals surface area contributed by atoms with Gasteiger partial charge in [-0.15, -0.1) is 0 Å². The quantitative estimate of drug-likeness (QED) is 0.835. The molecule has 4 aliphatic carbocycles. The van der Waals surface area contributed by atoms with E-state index in [1.807, 2.05) is 6.07 Å². The second-order valence-corrected chi connectivity index (χ2v) is 6.60. The average Bonchev–Trinajstić information content (AvgIpc) is 2.37. The van der Waals surface area contributed by atoms with Gasteiger partial charge in [0.25, 0.3) is 0 Å². The largest absolute Gasteiger partial charge is 0.382 e. The Balaban J connectivity index is 1.69. The van der Waals surface area contributed by atoms with Gasteiger partial charge in [-0.05, 0) is 55.8 Å². The molecule has 0 spiro atoms. The van der Waals surface area contributed by atoms with E-state index < -0.39 is 0 Å². The molecular weight excluding hydrogens is 236 g/mol. The molecule has 0 aliphatic heterocycles. The molecule has 0 atom stereocenters. The first kappa shape index (κ1) is 11.2. The van der Waals surface area contributed by atoms with Crippen LogP contribution in [0.5, 0.6) is 0 Å². The highest BCUT2D eigenvalue weighted by Gasteiger charge is 2.49. The van der Waals surface area contributed by atoms with Crippen LogP contribution in [0.2, 0.25) is 0 Å². The van der Waals surface area contributed by atoms with Crippen molar-refractivity contribution in [3.8, 4) is 6.07 Å². The Kier molecular flexibility index (Phi) is 2.32. The first-order valence-corrected chi connectivity index (χ1v) is 7.27. The maximum Gasteiger partial charge on any atom is 0.145 e. The summed E-state index contributed by atoms with van der Waals surface area (Å²) < 4.78 is 0. The zero-order valence-corrected chi connectivity index (χ0v) is 10.9. The summed E-state index contributed by atoms with van der Waals surface area (Å²) in [6.07, 6.45) is 8.45.